The summed E-state index contributed by atoms with van der Waals surface area (Å²) in [6, 6.07) is 13.1. The van der Waals surface area contributed by atoms with Crippen molar-refractivity contribution in [1.82, 2.24) is 5.16 Å². The number of benzene rings is 2. The van der Waals surface area contributed by atoms with Crippen LogP contribution >= 0.6 is 0 Å². The zero-order chi connectivity index (χ0) is 21.1. The molecule has 0 aliphatic rings. The van der Waals surface area contributed by atoms with Gasteiger partial charge in [0, 0.05) is 34.7 Å². The minimum absolute atomic E-state index is 0.316. The van der Waals surface area contributed by atoms with Gasteiger partial charge in [0.05, 0.1) is 20.5 Å². The molecule has 2 aromatic heterocycles. The van der Waals surface area contributed by atoms with Crippen LogP contribution in [0.4, 0.5) is 5.82 Å². The molecule has 0 aliphatic heterocycles. The average Bonchev–Trinajstić information content (AvgIpc) is 3.42. The first-order valence-electron chi connectivity index (χ1n) is 9.22. The zero-order valence-electron chi connectivity index (χ0n) is 16.8. The first-order chi connectivity index (χ1) is 14.6. The summed E-state index contributed by atoms with van der Waals surface area (Å²) >= 11 is 0. The Balaban J connectivity index is 1.75. The van der Waals surface area contributed by atoms with Gasteiger partial charge in [0.25, 0.3) is 0 Å². The molecule has 4 rings (SSSR count). The van der Waals surface area contributed by atoms with Gasteiger partial charge in [-0.05, 0) is 36.3 Å². The number of aromatic nitrogens is 1. The number of hydrogen-bond acceptors (Lipinski definition) is 6. The number of furan rings is 1. The van der Waals surface area contributed by atoms with Gasteiger partial charge in [0.2, 0.25) is 5.91 Å². The fourth-order valence-corrected chi connectivity index (χ4v) is 3.26. The number of fused-ring (bicyclic) bond motifs is 1. The molecule has 30 heavy (non-hydrogen) atoms. The van der Waals surface area contributed by atoms with Crippen molar-refractivity contribution in [3.63, 3.8) is 0 Å². The van der Waals surface area contributed by atoms with Gasteiger partial charge < -0.3 is 23.7 Å². The van der Waals surface area contributed by atoms with Crippen LogP contribution < -0.4 is 14.8 Å². The van der Waals surface area contributed by atoms with Crippen molar-refractivity contribution in [3.05, 3.63) is 66.6 Å². The molecule has 7 heteroatoms. The highest BCUT2D eigenvalue weighted by Gasteiger charge is 2.15. The molecule has 0 bridgehead atoms. The number of nitrogens with one attached hydrogen (secondary N) is 1. The Kier molecular flexibility index (Phi) is 5.26. The third kappa shape index (κ3) is 3.77. The fourth-order valence-electron chi connectivity index (χ4n) is 3.26. The van der Waals surface area contributed by atoms with E-state index in [2.05, 4.69) is 10.5 Å². The normalized spacial score (nSPS) is 11.5. The lowest BCUT2D eigenvalue weighted by Gasteiger charge is -2.10. The molecule has 0 saturated heterocycles. The number of methoxy groups -OCH3 is 2. The number of anilines is 1. The summed E-state index contributed by atoms with van der Waals surface area (Å²) in [4.78, 5) is 12.3. The number of allylic oxidation sites excluding steroid dienone is 1. The maximum Gasteiger partial charge on any atom is 0.249 e. The first kappa shape index (κ1) is 19.3. The molecule has 1 N–H and O–H groups in total. The maximum absolute atomic E-state index is 12.3. The molecule has 7 nitrogen and oxygen atoms in total. The Labute approximate surface area is 172 Å². The minimum atomic E-state index is -0.316. The molecule has 0 fully saturated rings. The van der Waals surface area contributed by atoms with E-state index in [1.54, 1.807) is 26.5 Å². The number of carbonyl (C=O) groups is 1. The van der Waals surface area contributed by atoms with Crippen molar-refractivity contribution < 1.29 is 23.2 Å². The topological polar surface area (TPSA) is 86.7 Å². The van der Waals surface area contributed by atoms with E-state index in [-0.39, 0.29) is 5.91 Å². The summed E-state index contributed by atoms with van der Waals surface area (Å²) < 4.78 is 21.4. The van der Waals surface area contributed by atoms with E-state index >= 15 is 0 Å². The summed E-state index contributed by atoms with van der Waals surface area (Å²) in [5.41, 5.74) is 4.09. The second-order valence-corrected chi connectivity index (χ2v) is 6.63. The fraction of sp³-hybridized carbons (Fsp3) is 0.130. The molecule has 4 aromatic rings. The van der Waals surface area contributed by atoms with Crippen LogP contribution in [0, 0.1) is 0 Å². The van der Waals surface area contributed by atoms with E-state index in [1.807, 2.05) is 43.3 Å². The second kappa shape index (κ2) is 8.16. The molecular formula is C23H20N2O5. The Morgan fingerprint density at radius 1 is 1.13 bits per heavy atom. The molecule has 0 atom stereocenters. The summed E-state index contributed by atoms with van der Waals surface area (Å²) in [6.07, 6.45) is 4.59. The molecule has 2 aromatic carbocycles. The number of rotatable bonds is 6. The van der Waals surface area contributed by atoms with E-state index in [0.717, 1.165) is 33.4 Å². The summed E-state index contributed by atoms with van der Waals surface area (Å²) in [6.45, 7) is 1.84. The van der Waals surface area contributed by atoms with E-state index in [1.165, 1.54) is 12.3 Å². The van der Waals surface area contributed by atoms with Gasteiger partial charge in [-0.25, -0.2) is 0 Å². The van der Waals surface area contributed by atoms with Crippen LogP contribution in [0.5, 0.6) is 11.5 Å². The van der Waals surface area contributed by atoms with Crippen LogP contribution in [0.3, 0.4) is 0 Å². The highest BCUT2D eigenvalue weighted by Crippen LogP contribution is 2.38. The van der Waals surface area contributed by atoms with E-state index in [9.17, 15) is 4.79 Å². The number of nitrogens with zero attached hydrogens (tertiary/aromatic N) is 1. The first-order valence-corrected chi connectivity index (χ1v) is 9.22. The molecule has 2 heterocycles. The standard InChI is InChI=1S/C23H20N2O5/c1-14(9-23(26)24-22-7-8-30-25-22)17-11-18-19(13-29-21(18)12-20(17)28-3)15-5-4-6-16(10-15)27-2/h4-13H,1-3H3,(H,24,25,26)/b14-9+. The monoisotopic (exact) mass is 404 g/mol. The summed E-state index contributed by atoms with van der Waals surface area (Å²) in [5, 5.41) is 7.23. The molecule has 152 valence electrons. The Morgan fingerprint density at radius 2 is 2.00 bits per heavy atom. The quantitative estimate of drug-likeness (QED) is 0.448. The Hall–Kier alpha value is -4.00. The molecule has 0 saturated carbocycles. The van der Waals surface area contributed by atoms with Crippen LogP contribution in [-0.4, -0.2) is 25.3 Å². The third-order valence-electron chi connectivity index (χ3n) is 4.74. The van der Waals surface area contributed by atoms with Gasteiger partial charge in [0.15, 0.2) is 5.82 Å². The van der Waals surface area contributed by atoms with Gasteiger partial charge in [-0.15, -0.1) is 0 Å². The Bertz CT molecular complexity index is 1220. The van der Waals surface area contributed by atoms with Crippen LogP contribution in [-0.2, 0) is 4.79 Å². The van der Waals surface area contributed by atoms with Crippen LogP contribution in [0.1, 0.15) is 12.5 Å². The average molecular weight is 404 g/mol. The number of ether oxygens (including phenoxy) is 2. The van der Waals surface area contributed by atoms with Crippen molar-refractivity contribution in [2.75, 3.05) is 19.5 Å². The molecule has 0 unspecified atom stereocenters. The van der Waals surface area contributed by atoms with Crippen LogP contribution in [0.15, 0.2) is 70.0 Å². The van der Waals surface area contributed by atoms with Crippen molar-refractivity contribution >= 4 is 28.3 Å². The predicted octanol–water partition coefficient (Wildman–Crippen LogP) is 5.15. The molecule has 0 spiro atoms. The molecule has 0 radical (unpaired) electrons. The minimum Gasteiger partial charge on any atom is -0.497 e. The highest BCUT2D eigenvalue weighted by atomic mass is 16.5. The van der Waals surface area contributed by atoms with Gasteiger partial charge in [0.1, 0.15) is 23.3 Å². The van der Waals surface area contributed by atoms with E-state index in [4.69, 9.17) is 18.4 Å². The number of carbonyl (C=O) groups excluding carboxylic acids is 1. The highest BCUT2D eigenvalue weighted by molar-refractivity contribution is 6.05. The maximum atomic E-state index is 12.3. The lowest BCUT2D eigenvalue weighted by Crippen LogP contribution is -2.08. The third-order valence-corrected chi connectivity index (χ3v) is 4.74. The lowest BCUT2D eigenvalue weighted by molar-refractivity contribution is -0.111. The molecule has 1 amide bonds. The number of hydrogen-bond donors (Lipinski definition) is 1. The largest absolute Gasteiger partial charge is 0.497 e. The van der Waals surface area contributed by atoms with Crippen molar-refractivity contribution in [2.24, 2.45) is 0 Å². The second-order valence-electron chi connectivity index (χ2n) is 6.63. The molecule has 0 aliphatic carbocycles. The SMILES string of the molecule is COc1cccc(-c2coc3cc(OC)c(/C(C)=C/C(=O)Nc4ccon4)cc23)c1. The van der Waals surface area contributed by atoms with Crippen LogP contribution in [0.25, 0.3) is 27.7 Å². The summed E-state index contributed by atoms with van der Waals surface area (Å²) in [5.74, 6) is 1.40. The Morgan fingerprint density at radius 3 is 2.73 bits per heavy atom. The molecular weight excluding hydrogens is 384 g/mol. The van der Waals surface area contributed by atoms with Crippen molar-refractivity contribution in [2.45, 2.75) is 6.92 Å². The predicted molar refractivity (Wildman–Crippen MR) is 114 cm³/mol. The van der Waals surface area contributed by atoms with Gasteiger partial charge >= 0.3 is 0 Å². The van der Waals surface area contributed by atoms with Crippen molar-refractivity contribution in [1.29, 1.82) is 0 Å². The lowest BCUT2D eigenvalue weighted by atomic mass is 9.99. The summed E-state index contributed by atoms with van der Waals surface area (Å²) in [7, 11) is 3.22. The smallest absolute Gasteiger partial charge is 0.249 e. The van der Waals surface area contributed by atoms with Crippen molar-refractivity contribution in [3.8, 4) is 22.6 Å². The van der Waals surface area contributed by atoms with Gasteiger partial charge in [-0.3, -0.25) is 4.79 Å². The van der Waals surface area contributed by atoms with E-state index in [0.29, 0.717) is 17.2 Å². The van der Waals surface area contributed by atoms with Gasteiger partial charge in [-0.2, -0.15) is 0 Å². The van der Waals surface area contributed by atoms with Gasteiger partial charge in [-0.1, -0.05) is 17.3 Å². The van der Waals surface area contributed by atoms with Crippen LogP contribution in [0.2, 0.25) is 0 Å². The zero-order valence-corrected chi connectivity index (χ0v) is 16.8. The van der Waals surface area contributed by atoms with E-state index < -0.39 is 0 Å². The number of amides is 1.